The largest absolute Gasteiger partial charge is 0.247 e. The maximum Gasteiger partial charge on any atom is 0.160 e. The lowest BCUT2D eigenvalue weighted by atomic mass is 9.91. The molecule has 0 aliphatic heterocycles. The predicted molar refractivity (Wildman–Crippen MR) is 282 cm³/mol. The molecular formula is C63H41N3S. The molecule has 12 aromatic rings. The quantitative estimate of drug-likeness (QED) is 0.145. The number of para-hydroxylation sites is 1. The van der Waals surface area contributed by atoms with E-state index in [4.69, 9.17) is 15.0 Å². The molecule has 3 aromatic heterocycles. The molecule has 0 atom stereocenters. The first-order chi connectivity index (χ1) is 33.2. The van der Waals surface area contributed by atoms with Gasteiger partial charge < -0.3 is 0 Å². The Bertz CT molecular complexity index is 3640. The van der Waals surface area contributed by atoms with E-state index in [1.54, 1.807) is 0 Å². The van der Waals surface area contributed by atoms with Gasteiger partial charge in [-0.15, -0.1) is 11.3 Å². The van der Waals surface area contributed by atoms with Crippen molar-refractivity contribution in [1.29, 1.82) is 0 Å². The number of hydrogen-bond acceptors (Lipinski definition) is 4. The van der Waals surface area contributed by atoms with Crippen LogP contribution in [0, 0.1) is 0 Å². The normalized spacial score (nSPS) is 11.3. The third-order valence-electron chi connectivity index (χ3n) is 12.5. The van der Waals surface area contributed by atoms with Crippen LogP contribution in [0.25, 0.3) is 121 Å². The summed E-state index contributed by atoms with van der Waals surface area (Å²) in [6, 6.07) is 88.2. The minimum absolute atomic E-state index is 0.686. The Labute approximate surface area is 394 Å². The lowest BCUT2D eigenvalue weighted by molar-refractivity contribution is 1.18. The molecule has 3 nitrogen and oxygen atoms in total. The molecule has 0 radical (unpaired) electrons. The van der Waals surface area contributed by atoms with Crippen molar-refractivity contribution in [1.82, 2.24) is 15.0 Å². The van der Waals surface area contributed by atoms with E-state index < -0.39 is 0 Å². The average Bonchev–Trinajstić information content (AvgIpc) is 3.83. The Morgan fingerprint density at radius 2 is 0.731 bits per heavy atom. The van der Waals surface area contributed by atoms with E-state index in [1.165, 1.54) is 43.0 Å². The highest BCUT2D eigenvalue weighted by molar-refractivity contribution is 7.24. The van der Waals surface area contributed by atoms with Gasteiger partial charge in [0.2, 0.25) is 0 Å². The number of nitrogens with zero attached hydrogens (tertiary/aromatic N) is 3. The van der Waals surface area contributed by atoms with Gasteiger partial charge in [-0.25, -0.2) is 15.0 Å². The van der Waals surface area contributed by atoms with E-state index in [-0.39, 0.29) is 0 Å². The topological polar surface area (TPSA) is 38.7 Å². The lowest BCUT2D eigenvalue weighted by Gasteiger charge is -2.14. The highest BCUT2D eigenvalue weighted by atomic mass is 32.1. The highest BCUT2D eigenvalue weighted by Gasteiger charge is 2.24. The summed E-state index contributed by atoms with van der Waals surface area (Å²) in [7, 11) is 0. The van der Waals surface area contributed by atoms with Gasteiger partial charge in [0.1, 0.15) is 0 Å². The van der Waals surface area contributed by atoms with Crippen LogP contribution < -0.4 is 0 Å². The predicted octanol–water partition coefficient (Wildman–Crippen LogP) is 17.2. The third kappa shape index (κ3) is 7.80. The molecule has 0 aliphatic carbocycles. The number of pyridine rings is 1. The number of thiophene rings is 1. The van der Waals surface area contributed by atoms with Gasteiger partial charge in [0.15, 0.2) is 5.82 Å². The van der Waals surface area contributed by atoms with Gasteiger partial charge in [-0.2, -0.15) is 0 Å². The Balaban J connectivity index is 1.07. The summed E-state index contributed by atoms with van der Waals surface area (Å²) in [4.78, 5) is 17.1. The van der Waals surface area contributed by atoms with Crippen LogP contribution >= 0.6 is 11.3 Å². The summed E-state index contributed by atoms with van der Waals surface area (Å²) in [6.45, 7) is 0. The first-order valence-corrected chi connectivity index (χ1v) is 23.4. The average molecular weight is 872 g/mol. The zero-order valence-corrected chi connectivity index (χ0v) is 37.2. The van der Waals surface area contributed by atoms with Gasteiger partial charge in [0, 0.05) is 48.2 Å². The maximum absolute atomic E-state index is 5.45. The minimum Gasteiger partial charge on any atom is -0.247 e. The summed E-state index contributed by atoms with van der Waals surface area (Å²) >= 11 is 1.86. The fourth-order valence-corrected chi connectivity index (χ4v) is 10.5. The Kier molecular flexibility index (Phi) is 10.4. The summed E-state index contributed by atoms with van der Waals surface area (Å²) in [6.07, 6.45) is 0. The van der Waals surface area contributed by atoms with Gasteiger partial charge in [-0.05, 0) is 80.9 Å². The molecule has 0 amide bonds. The molecule has 0 N–H and O–H groups in total. The van der Waals surface area contributed by atoms with Crippen LogP contribution in [0.4, 0.5) is 0 Å². The standard InChI is InChI=1S/C63H41N3S/c1-6-19-42(20-7-1)49-29-18-30-50(37-49)57-41-56(65-63(66-57)48-27-14-5-15-28-48)45-33-35-46(36-34-45)58-59-60(47-25-12-4-13-26-47)64-55-32-17-16-31-54(55)62(59)67-61(58)53-39-51(43-21-8-2-9-22-43)38-52(40-53)44-23-10-3-11-24-44/h1-41H. The summed E-state index contributed by atoms with van der Waals surface area (Å²) in [5.74, 6) is 0.686. The van der Waals surface area contributed by atoms with Crippen molar-refractivity contribution in [2.75, 3.05) is 0 Å². The van der Waals surface area contributed by atoms with E-state index in [9.17, 15) is 0 Å². The zero-order chi connectivity index (χ0) is 44.5. The van der Waals surface area contributed by atoms with Crippen LogP contribution in [0.15, 0.2) is 249 Å². The number of aromatic nitrogens is 3. The molecule has 0 saturated heterocycles. The summed E-state index contributed by atoms with van der Waals surface area (Å²) < 4.78 is 1.22. The zero-order valence-electron chi connectivity index (χ0n) is 36.4. The molecular weight excluding hydrogens is 831 g/mol. The molecule has 314 valence electrons. The van der Waals surface area contributed by atoms with Crippen molar-refractivity contribution in [2.24, 2.45) is 0 Å². The van der Waals surface area contributed by atoms with E-state index in [0.29, 0.717) is 5.82 Å². The third-order valence-corrected chi connectivity index (χ3v) is 13.7. The first kappa shape index (κ1) is 40.0. The SMILES string of the molecule is c1ccc(-c2cccc(-c3cc(-c4ccc(-c5c(-c6cc(-c7ccccc7)cc(-c7ccccc7)c6)sc6c5c(-c5ccccc5)nc5ccccc56)cc4)nc(-c4ccccc4)n3)c2)cc1. The molecule has 0 saturated carbocycles. The van der Waals surface area contributed by atoms with Crippen LogP contribution in [0.2, 0.25) is 0 Å². The minimum atomic E-state index is 0.686. The Morgan fingerprint density at radius 3 is 1.34 bits per heavy atom. The van der Waals surface area contributed by atoms with Crippen molar-refractivity contribution in [3.63, 3.8) is 0 Å². The van der Waals surface area contributed by atoms with E-state index in [1.807, 2.05) is 29.5 Å². The molecule has 67 heavy (non-hydrogen) atoms. The number of hydrogen-bond donors (Lipinski definition) is 0. The molecule has 0 aliphatic rings. The number of benzene rings is 9. The van der Waals surface area contributed by atoms with Crippen molar-refractivity contribution < 1.29 is 0 Å². The number of rotatable bonds is 9. The molecule has 3 heterocycles. The summed E-state index contributed by atoms with van der Waals surface area (Å²) in [5.41, 5.74) is 18.2. The van der Waals surface area contributed by atoms with Crippen molar-refractivity contribution in [3.8, 4) is 100 Å². The van der Waals surface area contributed by atoms with Crippen molar-refractivity contribution in [3.05, 3.63) is 249 Å². The summed E-state index contributed by atoms with van der Waals surface area (Å²) in [5, 5.41) is 2.30. The second-order valence-corrected chi connectivity index (χ2v) is 17.8. The molecule has 12 rings (SSSR count). The molecule has 0 unspecified atom stereocenters. The lowest BCUT2D eigenvalue weighted by Crippen LogP contribution is -1.96. The smallest absolute Gasteiger partial charge is 0.160 e. The van der Waals surface area contributed by atoms with Crippen LogP contribution in [0.3, 0.4) is 0 Å². The molecule has 0 spiro atoms. The Morgan fingerprint density at radius 1 is 0.284 bits per heavy atom. The fraction of sp³-hybridized carbons (Fsp3) is 0. The second kappa shape index (κ2) is 17.4. The monoisotopic (exact) mass is 871 g/mol. The molecule has 0 bridgehead atoms. The molecule has 0 fully saturated rings. The van der Waals surface area contributed by atoms with Gasteiger partial charge in [-0.3, -0.25) is 0 Å². The van der Waals surface area contributed by atoms with Crippen LogP contribution in [-0.2, 0) is 0 Å². The van der Waals surface area contributed by atoms with Gasteiger partial charge in [0.25, 0.3) is 0 Å². The van der Waals surface area contributed by atoms with Gasteiger partial charge in [-0.1, -0.05) is 212 Å². The number of fused-ring (bicyclic) bond motifs is 3. The van der Waals surface area contributed by atoms with Crippen molar-refractivity contribution >= 4 is 32.3 Å². The highest BCUT2D eigenvalue weighted by Crippen LogP contribution is 2.51. The van der Waals surface area contributed by atoms with E-state index >= 15 is 0 Å². The molecule has 4 heteroatoms. The first-order valence-electron chi connectivity index (χ1n) is 22.6. The van der Waals surface area contributed by atoms with Crippen LogP contribution in [-0.4, -0.2) is 15.0 Å². The van der Waals surface area contributed by atoms with E-state index in [0.717, 1.165) is 72.3 Å². The van der Waals surface area contributed by atoms with Crippen LogP contribution in [0.5, 0.6) is 0 Å². The fourth-order valence-electron chi connectivity index (χ4n) is 9.18. The second-order valence-electron chi connectivity index (χ2n) is 16.7. The van der Waals surface area contributed by atoms with E-state index in [2.05, 4.69) is 231 Å². The maximum atomic E-state index is 5.45. The van der Waals surface area contributed by atoms with Gasteiger partial charge in [0.05, 0.1) is 22.6 Å². The van der Waals surface area contributed by atoms with Crippen LogP contribution in [0.1, 0.15) is 0 Å². The van der Waals surface area contributed by atoms with Gasteiger partial charge >= 0.3 is 0 Å². The van der Waals surface area contributed by atoms with Crippen molar-refractivity contribution in [2.45, 2.75) is 0 Å². The Hall–Kier alpha value is -8.57. The molecule has 9 aromatic carbocycles.